The summed E-state index contributed by atoms with van der Waals surface area (Å²) in [6.45, 7) is 4.19. The SMILES string of the molecule is CCCCc1ccc(N=Cc2sc(=S)n(C(Cc3ccccc3)C(=O)OCC)c2O)cc1. The molecule has 32 heavy (non-hydrogen) atoms. The minimum absolute atomic E-state index is 0.0719. The van der Waals surface area contributed by atoms with E-state index in [-0.39, 0.29) is 12.5 Å². The fourth-order valence-corrected chi connectivity index (χ4v) is 4.65. The van der Waals surface area contributed by atoms with Crippen LogP contribution in [-0.2, 0) is 22.4 Å². The van der Waals surface area contributed by atoms with E-state index in [0.29, 0.717) is 15.3 Å². The number of nitrogens with zero attached hydrogens (tertiary/aromatic N) is 2. The van der Waals surface area contributed by atoms with Crippen LogP contribution in [-0.4, -0.2) is 28.5 Å². The van der Waals surface area contributed by atoms with Gasteiger partial charge in [-0.1, -0.05) is 67.1 Å². The summed E-state index contributed by atoms with van der Waals surface area (Å²) in [5.41, 5.74) is 3.03. The summed E-state index contributed by atoms with van der Waals surface area (Å²) in [7, 11) is 0. The van der Waals surface area contributed by atoms with Crippen molar-refractivity contribution < 1.29 is 14.6 Å². The van der Waals surface area contributed by atoms with Gasteiger partial charge in [-0.15, -0.1) is 0 Å². The van der Waals surface area contributed by atoms with Gasteiger partial charge in [-0.3, -0.25) is 9.56 Å². The predicted octanol–water partition coefficient (Wildman–Crippen LogP) is 6.42. The van der Waals surface area contributed by atoms with Crippen LogP contribution in [0.2, 0.25) is 0 Å². The molecule has 3 rings (SSSR count). The Morgan fingerprint density at radius 3 is 2.53 bits per heavy atom. The number of hydrogen-bond donors (Lipinski definition) is 1. The van der Waals surface area contributed by atoms with Gasteiger partial charge >= 0.3 is 5.97 Å². The molecule has 1 aromatic heterocycles. The summed E-state index contributed by atoms with van der Waals surface area (Å²) in [4.78, 5) is 17.7. The molecule has 1 N–H and O–H groups in total. The second-order valence-corrected chi connectivity index (χ2v) is 9.09. The summed E-state index contributed by atoms with van der Waals surface area (Å²) >= 11 is 6.72. The van der Waals surface area contributed by atoms with Crippen molar-refractivity contribution in [3.63, 3.8) is 0 Å². The quantitative estimate of drug-likeness (QED) is 0.212. The number of aromatic nitrogens is 1. The van der Waals surface area contributed by atoms with Crippen LogP contribution in [0.25, 0.3) is 0 Å². The smallest absolute Gasteiger partial charge is 0.329 e. The Balaban J connectivity index is 1.86. The van der Waals surface area contributed by atoms with Crippen LogP contribution in [0.3, 0.4) is 0 Å². The van der Waals surface area contributed by atoms with Gasteiger partial charge in [0.1, 0.15) is 10.9 Å². The summed E-state index contributed by atoms with van der Waals surface area (Å²) in [5, 5.41) is 10.9. The zero-order valence-electron chi connectivity index (χ0n) is 18.4. The van der Waals surface area contributed by atoms with Gasteiger partial charge in [-0.05, 0) is 55.2 Å². The zero-order valence-corrected chi connectivity index (χ0v) is 20.0. The first kappa shape index (κ1) is 23.9. The van der Waals surface area contributed by atoms with Gasteiger partial charge in [0.05, 0.1) is 18.5 Å². The normalized spacial score (nSPS) is 12.2. The van der Waals surface area contributed by atoms with E-state index in [2.05, 4.69) is 24.0 Å². The molecule has 1 atom stereocenters. The highest BCUT2D eigenvalue weighted by molar-refractivity contribution is 7.73. The number of benzene rings is 2. The molecule has 0 radical (unpaired) electrons. The molecule has 0 saturated carbocycles. The fraction of sp³-hybridized carbons (Fsp3) is 0.320. The standard InChI is InChI=1S/C25H28N2O3S2/c1-3-5-9-18-12-14-20(15-13-18)26-17-22-23(28)27(25(31)32-22)21(24(29)30-4-2)16-19-10-7-6-8-11-19/h6-8,10-15,17,21,28H,3-5,9,16H2,1-2H3. The number of thiazole rings is 1. The third-order valence-electron chi connectivity index (χ3n) is 5.07. The molecule has 0 fully saturated rings. The van der Waals surface area contributed by atoms with Gasteiger partial charge in [0.25, 0.3) is 0 Å². The van der Waals surface area contributed by atoms with Crippen LogP contribution in [0.15, 0.2) is 59.6 Å². The minimum Gasteiger partial charge on any atom is -0.493 e. The lowest BCUT2D eigenvalue weighted by atomic mass is 10.1. The number of aromatic hydroxyl groups is 1. The van der Waals surface area contributed by atoms with Crippen LogP contribution in [0.4, 0.5) is 5.69 Å². The molecule has 0 aliphatic carbocycles. The third kappa shape index (κ3) is 6.14. The highest BCUT2D eigenvalue weighted by Gasteiger charge is 2.27. The van der Waals surface area contributed by atoms with Crippen LogP contribution in [0, 0.1) is 3.95 Å². The van der Waals surface area contributed by atoms with E-state index in [4.69, 9.17) is 17.0 Å². The van der Waals surface area contributed by atoms with Crippen molar-refractivity contribution in [2.75, 3.05) is 6.61 Å². The predicted molar refractivity (Wildman–Crippen MR) is 133 cm³/mol. The Kier molecular flexibility index (Phi) is 8.76. The third-order valence-corrected chi connectivity index (χ3v) is 6.40. The lowest BCUT2D eigenvalue weighted by Crippen LogP contribution is -2.24. The second kappa shape index (κ2) is 11.7. The summed E-state index contributed by atoms with van der Waals surface area (Å²) in [6.07, 6.45) is 5.35. The van der Waals surface area contributed by atoms with Crippen molar-refractivity contribution in [1.29, 1.82) is 0 Å². The van der Waals surface area contributed by atoms with Crippen molar-refractivity contribution in [2.45, 2.75) is 45.6 Å². The first-order valence-corrected chi connectivity index (χ1v) is 12.0. The number of rotatable bonds is 10. The molecule has 168 valence electrons. The first-order valence-electron chi connectivity index (χ1n) is 10.8. The molecule has 1 unspecified atom stereocenters. The van der Waals surface area contributed by atoms with Crippen LogP contribution >= 0.6 is 23.6 Å². The molecule has 3 aromatic rings. The number of aryl methyl sites for hydroxylation is 1. The Morgan fingerprint density at radius 1 is 1.16 bits per heavy atom. The monoisotopic (exact) mass is 468 g/mol. The van der Waals surface area contributed by atoms with E-state index in [1.54, 1.807) is 13.1 Å². The maximum absolute atomic E-state index is 12.7. The van der Waals surface area contributed by atoms with Crippen LogP contribution < -0.4 is 0 Å². The van der Waals surface area contributed by atoms with Gasteiger partial charge < -0.3 is 9.84 Å². The molecule has 7 heteroatoms. The molecule has 0 bridgehead atoms. The topological polar surface area (TPSA) is 63.8 Å². The average molecular weight is 469 g/mol. The number of carbonyl (C=O) groups is 1. The molecular weight excluding hydrogens is 440 g/mol. The van der Waals surface area contributed by atoms with Crippen molar-refractivity contribution in [3.05, 3.63) is 74.6 Å². The van der Waals surface area contributed by atoms with Gasteiger partial charge in [0, 0.05) is 6.42 Å². The van der Waals surface area contributed by atoms with Crippen LogP contribution in [0.1, 0.15) is 48.7 Å². The maximum Gasteiger partial charge on any atom is 0.329 e. The maximum atomic E-state index is 12.7. The number of carbonyl (C=O) groups excluding carboxylic acids is 1. The second-order valence-electron chi connectivity index (χ2n) is 7.41. The number of unbranched alkanes of at least 4 members (excludes halogenated alkanes) is 1. The molecule has 0 spiro atoms. The van der Waals surface area contributed by atoms with Crippen molar-refractivity contribution >= 4 is 41.4 Å². The van der Waals surface area contributed by atoms with E-state index in [1.807, 2.05) is 42.5 Å². The van der Waals surface area contributed by atoms with E-state index in [1.165, 1.54) is 21.5 Å². The number of esters is 1. The average Bonchev–Trinajstić information content (AvgIpc) is 3.09. The Bertz CT molecular complexity index is 1100. The van der Waals surface area contributed by atoms with Gasteiger partial charge in [0.15, 0.2) is 3.95 Å². The Hall–Kier alpha value is -2.77. The van der Waals surface area contributed by atoms with E-state index in [9.17, 15) is 9.90 Å². The van der Waals surface area contributed by atoms with Gasteiger partial charge in [0.2, 0.25) is 5.88 Å². The van der Waals surface area contributed by atoms with E-state index in [0.717, 1.165) is 30.5 Å². The highest BCUT2D eigenvalue weighted by Crippen LogP contribution is 2.31. The van der Waals surface area contributed by atoms with Crippen molar-refractivity contribution in [1.82, 2.24) is 4.57 Å². The fourth-order valence-electron chi connectivity index (χ4n) is 3.37. The molecule has 0 aliphatic rings. The number of aliphatic imine (C=N–C) groups is 1. The molecule has 1 heterocycles. The Morgan fingerprint density at radius 2 is 1.88 bits per heavy atom. The molecule has 5 nitrogen and oxygen atoms in total. The molecule has 0 aliphatic heterocycles. The molecule has 0 amide bonds. The largest absolute Gasteiger partial charge is 0.493 e. The summed E-state index contributed by atoms with van der Waals surface area (Å²) in [6, 6.07) is 16.9. The summed E-state index contributed by atoms with van der Waals surface area (Å²) < 4.78 is 7.14. The lowest BCUT2D eigenvalue weighted by Gasteiger charge is -2.18. The number of ether oxygens (including phenoxy) is 1. The highest BCUT2D eigenvalue weighted by atomic mass is 32.1. The first-order chi connectivity index (χ1) is 15.5. The van der Waals surface area contributed by atoms with Crippen molar-refractivity contribution in [2.24, 2.45) is 4.99 Å². The minimum atomic E-state index is -0.749. The van der Waals surface area contributed by atoms with Gasteiger partial charge in [-0.2, -0.15) is 0 Å². The van der Waals surface area contributed by atoms with Gasteiger partial charge in [-0.25, -0.2) is 4.79 Å². The van der Waals surface area contributed by atoms with E-state index >= 15 is 0 Å². The van der Waals surface area contributed by atoms with E-state index < -0.39 is 12.0 Å². The summed E-state index contributed by atoms with van der Waals surface area (Å²) in [5.74, 6) is -0.496. The lowest BCUT2D eigenvalue weighted by molar-refractivity contribution is -0.147. The molecule has 0 saturated heterocycles. The van der Waals surface area contributed by atoms with Crippen LogP contribution in [0.5, 0.6) is 5.88 Å². The Labute approximate surface area is 198 Å². The van der Waals surface area contributed by atoms with Crippen molar-refractivity contribution in [3.8, 4) is 5.88 Å². The zero-order chi connectivity index (χ0) is 22.9. The molecular formula is C25H28N2O3S2. The molecule has 2 aromatic carbocycles. The number of hydrogen-bond acceptors (Lipinski definition) is 6.